The molecule has 1 heterocycles. The molecule has 0 radical (unpaired) electrons. The Kier molecular flexibility index (Phi) is 6.54. The molecule has 144 valence electrons. The van der Waals surface area contributed by atoms with E-state index in [1.807, 2.05) is 18.2 Å². The van der Waals surface area contributed by atoms with Crippen molar-refractivity contribution in [3.05, 3.63) is 54.1 Å². The van der Waals surface area contributed by atoms with Gasteiger partial charge < -0.3 is 19.7 Å². The largest absolute Gasteiger partial charge is 0.497 e. The van der Waals surface area contributed by atoms with E-state index in [9.17, 15) is 4.79 Å². The van der Waals surface area contributed by atoms with Gasteiger partial charge in [0.25, 0.3) is 0 Å². The van der Waals surface area contributed by atoms with Crippen LogP contribution in [0.2, 0.25) is 0 Å². The number of ether oxygens (including phenoxy) is 2. The number of benzene rings is 2. The first-order chi connectivity index (χ1) is 13.2. The fourth-order valence-corrected chi connectivity index (χ4v) is 3.30. The Morgan fingerprint density at radius 3 is 2.44 bits per heavy atom. The van der Waals surface area contributed by atoms with Crippen molar-refractivity contribution >= 4 is 17.3 Å². The van der Waals surface area contributed by atoms with Crippen LogP contribution < -0.4 is 15.0 Å². The first-order valence-corrected chi connectivity index (χ1v) is 9.24. The number of para-hydroxylation sites is 1. The number of hydrogen-bond acceptors (Lipinski definition) is 6. The molecule has 6 nitrogen and oxygen atoms in total. The van der Waals surface area contributed by atoms with Crippen LogP contribution in [0.15, 0.2) is 48.5 Å². The summed E-state index contributed by atoms with van der Waals surface area (Å²) in [6.45, 7) is 5.81. The Bertz CT molecular complexity index is 744. The van der Waals surface area contributed by atoms with Gasteiger partial charge in [-0.1, -0.05) is 18.2 Å². The van der Waals surface area contributed by atoms with Gasteiger partial charge >= 0.3 is 5.97 Å². The molecule has 0 bridgehead atoms. The number of methoxy groups -OCH3 is 2. The van der Waals surface area contributed by atoms with Gasteiger partial charge in [0.2, 0.25) is 0 Å². The van der Waals surface area contributed by atoms with Crippen molar-refractivity contribution in [2.75, 3.05) is 63.7 Å². The number of nitrogens with zero attached hydrogens (tertiary/aromatic N) is 2. The van der Waals surface area contributed by atoms with E-state index in [2.05, 4.69) is 39.4 Å². The molecule has 0 unspecified atom stereocenters. The van der Waals surface area contributed by atoms with Crippen LogP contribution in [0.25, 0.3) is 0 Å². The predicted octanol–water partition coefficient (Wildman–Crippen LogP) is 2.72. The molecule has 0 spiro atoms. The van der Waals surface area contributed by atoms with Gasteiger partial charge in [0.15, 0.2) is 0 Å². The van der Waals surface area contributed by atoms with Gasteiger partial charge in [0.05, 0.1) is 19.8 Å². The Balaban J connectivity index is 1.50. The molecule has 1 aliphatic heterocycles. The van der Waals surface area contributed by atoms with Gasteiger partial charge in [-0.25, -0.2) is 4.79 Å². The van der Waals surface area contributed by atoms with Crippen molar-refractivity contribution < 1.29 is 14.3 Å². The van der Waals surface area contributed by atoms with E-state index in [-0.39, 0.29) is 5.97 Å². The Morgan fingerprint density at radius 2 is 1.78 bits per heavy atom. The summed E-state index contributed by atoms with van der Waals surface area (Å²) in [5.74, 6) is 0.269. The van der Waals surface area contributed by atoms with E-state index in [1.165, 1.54) is 12.8 Å². The zero-order valence-corrected chi connectivity index (χ0v) is 16.0. The van der Waals surface area contributed by atoms with E-state index in [0.717, 1.165) is 45.0 Å². The minimum atomic E-state index is -0.368. The van der Waals surface area contributed by atoms with Gasteiger partial charge in [-0.3, -0.25) is 4.90 Å². The summed E-state index contributed by atoms with van der Waals surface area (Å²) in [6.07, 6.45) is 0. The average molecular weight is 369 g/mol. The molecule has 0 atom stereocenters. The lowest BCUT2D eigenvalue weighted by atomic mass is 10.1. The minimum absolute atomic E-state index is 0.368. The van der Waals surface area contributed by atoms with Crippen molar-refractivity contribution in [1.29, 1.82) is 0 Å². The quantitative estimate of drug-likeness (QED) is 0.758. The number of esters is 1. The van der Waals surface area contributed by atoms with Crippen LogP contribution in [-0.4, -0.2) is 64.4 Å². The summed E-state index contributed by atoms with van der Waals surface area (Å²) in [4.78, 5) is 16.9. The number of carbonyl (C=O) groups excluding carboxylic acids is 1. The molecule has 3 rings (SSSR count). The predicted molar refractivity (Wildman–Crippen MR) is 108 cm³/mol. The fraction of sp³-hybridized carbons (Fsp3) is 0.381. The molecule has 2 aromatic rings. The van der Waals surface area contributed by atoms with Crippen LogP contribution in [-0.2, 0) is 4.74 Å². The van der Waals surface area contributed by atoms with Crippen molar-refractivity contribution in [3.8, 4) is 5.75 Å². The van der Waals surface area contributed by atoms with Gasteiger partial charge in [-0.15, -0.1) is 0 Å². The number of piperazine rings is 1. The monoisotopic (exact) mass is 369 g/mol. The molecule has 0 saturated carbocycles. The summed E-state index contributed by atoms with van der Waals surface area (Å²) in [5, 5.41) is 3.36. The van der Waals surface area contributed by atoms with E-state index in [1.54, 1.807) is 13.2 Å². The smallest absolute Gasteiger partial charge is 0.340 e. The van der Waals surface area contributed by atoms with Crippen molar-refractivity contribution in [3.63, 3.8) is 0 Å². The van der Waals surface area contributed by atoms with E-state index < -0.39 is 0 Å². The maximum absolute atomic E-state index is 12.0. The normalized spacial score (nSPS) is 14.7. The van der Waals surface area contributed by atoms with Crippen molar-refractivity contribution in [2.45, 2.75) is 0 Å². The lowest BCUT2D eigenvalue weighted by molar-refractivity contribution is 0.0601. The average Bonchev–Trinajstić information content (AvgIpc) is 2.74. The second kappa shape index (κ2) is 9.28. The van der Waals surface area contributed by atoms with E-state index in [4.69, 9.17) is 9.47 Å². The minimum Gasteiger partial charge on any atom is -0.497 e. The SMILES string of the molecule is COC(=O)c1cc(OC)ccc1NCCN1CCN(c2ccccc2)CC1. The van der Waals surface area contributed by atoms with E-state index >= 15 is 0 Å². The molecular weight excluding hydrogens is 342 g/mol. The van der Waals surface area contributed by atoms with Gasteiger partial charge in [-0.05, 0) is 30.3 Å². The number of anilines is 2. The fourth-order valence-electron chi connectivity index (χ4n) is 3.30. The zero-order valence-electron chi connectivity index (χ0n) is 16.0. The topological polar surface area (TPSA) is 54.0 Å². The third-order valence-electron chi connectivity index (χ3n) is 4.87. The van der Waals surface area contributed by atoms with Gasteiger partial charge in [0, 0.05) is 50.6 Å². The molecule has 6 heteroatoms. The standard InChI is InChI=1S/C21H27N3O3/c1-26-18-8-9-20(19(16-18)21(25)27-2)22-10-11-23-12-14-24(15-13-23)17-6-4-3-5-7-17/h3-9,16,22H,10-15H2,1-2H3. The summed E-state index contributed by atoms with van der Waals surface area (Å²) in [7, 11) is 2.97. The maximum atomic E-state index is 12.0. The lowest BCUT2D eigenvalue weighted by Gasteiger charge is -2.36. The molecule has 0 aromatic heterocycles. The van der Waals surface area contributed by atoms with Gasteiger partial charge in [-0.2, -0.15) is 0 Å². The number of rotatable bonds is 7. The highest BCUT2D eigenvalue weighted by atomic mass is 16.5. The molecule has 1 N–H and O–H groups in total. The Morgan fingerprint density at radius 1 is 1.04 bits per heavy atom. The Hall–Kier alpha value is -2.73. The molecule has 1 saturated heterocycles. The zero-order chi connectivity index (χ0) is 19.1. The van der Waals surface area contributed by atoms with Crippen molar-refractivity contribution in [2.24, 2.45) is 0 Å². The van der Waals surface area contributed by atoms with Crippen LogP contribution in [0, 0.1) is 0 Å². The summed E-state index contributed by atoms with van der Waals surface area (Å²) in [5.41, 5.74) is 2.55. The second-order valence-electron chi connectivity index (χ2n) is 6.49. The molecule has 0 aliphatic carbocycles. The van der Waals surface area contributed by atoms with Crippen LogP contribution in [0.5, 0.6) is 5.75 Å². The third kappa shape index (κ3) is 4.92. The highest BCUT2D eigenvalue weighted by Crippen LogP contribution is 2.23. The highest BCUT2D eigenvalue weighted by Gasteiger charge is 2.17. The molecule has 2 aromatic carbocycles. The molecule has 1 aliphatic rings. The first-order valence-electron chi connectivity index (χ1n) is 9.24. The van der Waals surface area contributed by atoms with Crippen molar-refractivity contribution in [1.82, 2.24) is 4.90 Å². The summed E-state index contributed by atoms with van der Waals surface area (Å²) >= 11 is 0. The third-order valence-corrected chi connectivity index (χ3v) is 4.87. The number of carbonyl (C=O) groups is 1. The van der Waals surface area contributed by atoms with Crippen LogP contribution in [0.1, 0.15) is 10.4 Å². The molecule has 1 fully saturated rings. The summed E-state index contributed by atoms with van der Waals surface area (Å²) < 4.78 is 10.1. The lowest BCUT2D eigenvalue weighted by Crippen LogP contribution is -2.47. The van der Waals surface area contributed by atoms with Crippen LogP contribution in [0.3, 0.4) is 0 Å². The molecule has 0 amide bonds. The number of nitrogens with one attached hydrogen (secondary N) is 1. The summed E-state index contributed by atoms with van der Waals surface area (Å²) in [6, 6.07) is 15.9. The maximum Gasteiger partial charge on any atom is 0.340 e. The number of hydrogen-bond donors (Lipinski definition) is 1. The van der Waals surface area contributed by atoms with E-state index in [0.29, 0.717) is 11.3 Å². The molecule has 27 heavy (non-hydrogen) atoms. The van der Waals surface area contributed by atoms with Crippen LogP contribution in [0.4, 0.5) is 11.4 Å². The van der Waals surface area contributed by atoms with Gasteiger partial charge in [0.1, 0.15) is 5.75 Å². The molecular formula is C21H27N3O3. The van der Waals surface area contributed by atoms with Crippen LogP contribution >= 0.6 is 0 Å². The first kappa shape index (κ1) is 19.0. The Labute approximate surface area is 160 Å². The highest BCUT2D eigenvalue weighted by molar-refractivity contribution is 5.96. The second-order valence-corrected chi connectivity index (χ2v) is 6.49.